The number of likely N-dealkylation sites (N-methyl/N-ethyl adjacent to an activating group) is 1. The number of nitrogens with one attached hydrogen (secondary N) is 1. The molecule has 27 heavy (non-hydrogen) atoms. The summed E-state index contributed by atoms with van der Waals surface area (Å²) in [5.41, 5.74) is 1.65. The Morgan fingerprint density at radius 3 is 2.52 bits per heavy atom. The van der Waals surface area contributed by atoms with Gasteiger partial charge in [0.25, 0.3) is 0 Å². The lowest BCUT2D eigenvalue weighted by molar-refractivity contribution is -0.125. The van der Waals surface area contributed by atoms with Crippen LogP contribution in [0.2, 0.25) is 0 Å². The molecule has 7 heteroatoms. The molecule has 1 aromatic heterocycles. The van der Waals surface area contributed by atoms with Crippen LogP contribution in [-0.4, -0.2) is 32.3 Å². The summed E-state index contributed by atoms with van der Waals surface area (Å²) in [5.74, 6) is 0.421. The van der Waals surface area contributed by atoms with Gasteiger partial charge in [0.05, 0.1) is 17.7 Å². The molecule has 0 saturated carbocycles. The van der Waals surface area contributed by atoms with E-state index < -0.39 is 10.0 Å². The van der Waals surface area contributed by atoms with Gasteiger partial charge in [0, 0.05) is 19.2 Å². The fourth-order valence-corrected chi connectivity index (χ4v) is 3.36. The van der Waals surface area contributed by atoms with Crippen LogP contribution in [0.15, 0.2) is 70.2 Å². The molecule has 0 aliphatic rings. The van der Waals surface area contributed by atoms with Crippen LogP contribution in [0.4, 0.5) is 0 Å². The summed E-state index contributed by atoms with van der Waals surface area (Å²) in [7, 11) is -3.63. The van der Waals surface area contributed by atoms with E-state index in [0.717, 1.165) is 11.1 Å². The number of carbonyl (C=O) groups is 1. The van der Waals surface area contributed by atoms with Crippen LogP contribution in [0.5, 0.6) is 0 Å². The fraction of sp³-hybridized carbons (Fsp3) is 0.250. The van der Waals surface area contributed by atoms with Gasteiger partial charge in [-0.1, -0.05) is 24.3 Å². The second-order valence-corrected chi connectivity index (χ2v) is 7.88. The van der Waals surface area contributed by atoms with Crippen LogP contribution < -0.4 is 4.72 Å². The summed E-state index contributed by atoms with van der Waals surface area (Å²) in [6.07, 6.45) is 4.63. The van der Waals surface area contributed by atoms with Crippen LogP contribution >= 0.6 is 0 Å². The van der Waals surface area contributed by atoms with Gasteiger partial charge in [-0.15, -0.1) is 0 Å². The minimum absolute atomic E-state index is 0.0844. The smallest absolute Gasteiger partial charge is 0.246 e. The summed E-state index contributed by atoms with van der Waals surface area (Å²) in [6.45, 7) is 8.79. The molecule has 0 aliphatic carbocycles. The van der Waals surface area contributed by atoms with E-state index in [-0.39, 0.29) is 17.3 Å². The van der Waals surface area contributed by atoms with Crippen molar-refractivity contribution in [1.82, 2.24) is 9.62 Å². The minimum atomic E-state index is -3.63. The molecule has 0 spiro atoms. The summed E-state index contributed by atoms with van der Waals surface area (Å²) in [4.78, 5) is 14.0. The molecule has 0 saturated heterocycles. The van der Waals surface area contributed by atoms with Crippen molar-refractivity contribution >= 4 is 22.0 Å². The number of furan rings is 1. The molecule has 1 heterocycles. The van der Waals surface area contributed by atoms with Gasteiger partial charge in [0.2, 0.25) is 15.9 Å². The minimum Gasteiger partial charge on any atom is -0.468 e. The molecule has 6 nitrogen and oxygen atoms in total. The molecule has 144 valence electrons. The first-order valence-corrected chi connectivity index (χ1v) is 10.0. The average Bonchev–Trinajstić information content (AvgIpc) is 3.16. The Bertz CT molecular complexity index is 898. The molecule has 2 rings (SSSR count). The molecule has 0 aliphatic heterocycles. The number of rotatable bonds is 9. The van der Waals surface area contributed by atoms with E-state index in [0.29, 0.717) is 18.8 Å². The zero-order valence-electron chi connectivity index (χ0n) is 15.5. The molecule has 0 radical (unpaired) electrons. The molecule has 1 aromatic carbocycles. The lowest BCUT2D eigenvalue weighted by Crippen LogP contribution is -2.30. The SMILES string of the molecule is C=C(C)CN(CC)C(=O)/C=C/c1ccc(S(=O)(=O)NCc2ccco2)cc1. The van der Waals surface area contributed by atoms with Gasteiger partial charge < -0.3 is 9.32 Å². The third-order valence-corrected chi connectivity index (χ3v) is 5.20. The van der Waals surface area contributed by atoms with Gasteiger partial charge in [0.15, 0.2) is 0 Å². The molecule has 0 unspecified atom stereocenters. The third-order valence-electron chi connectivity index (χ3n) is 3.78. The van der Waals surface area contributed by atoms with E-state index in [1.54, 1.807) is 35.2 Å². The van der Waals surface area contributed by atoms with Crippen molar-refractivity contribution in [1.29, 1.82) is 0 Å². The lowest BCUT2D eigenvalue weighted by atomic mass is 10.2. The number of amides is 1. The fourth-order valence-electron chi connectivity index (χ4n) is 2.37. The molecular formula is C20H24N2O4S. The molecule has 0 bridgehead atoms. The van der Waals surface area contributed by atoms with Crippen LogP contribution in [0.25, 0.3) is 6.08 Å². The Morgan fingerprint density at radius 1 is 1.26 bits per heavy atom. The predicted molar refractivity (Wildman–Crippen MR) is 105 cm³/mol. The first-order valence-electron chi connectivity index (χ1n) is 8.55. The first kappa shape index (κ1) is 20.7. The number of nitrogens with zero attached hydrogens (tertiary/aromatic N) is 1. The van der Waals surface area contributed by atoms with Crippen molar-refractivity contribution in [3.8, 4) is 0 Å². The monoisotopic (exact) mass is 388 g/mol. The van der Waals surface area contributed by atoms with Crippen molar-refractivity contribution < 1.29 is 17.6 Å². The largest absolute Gasteiger partial charge is 0.468 e. The average molecular weight is 388 g/mol. The third kappa shape index (κ3) is 6.23. The molecule has 1 amide bonds. The number of hydrogen-bond acceptors (Lipinski definition) is 4. The maximum Gasteiger partial charge on any atom is 0.246 e. The molecule has 1 N–H and O–H groups in total. The molecule has 0 fully saturated rings. The highest BCUT2D eigenvalue weighted by Gasteiger charge is 2.14. The standard InChI is InChI=1S/C20H24N2O4S/c1-4-22(15-16(2)3)20(23)12-9-17-7-10-19(11-8-17)27(24,25)21-14-18-6-5-13-26-18/h5-13,21H,2,4,14-15H2,1,3H3/b12-9+. The highest BCUT2D eigenvalue weighted by Crippen LogP contribution is 2.13. The highest BCUT2D eigenvalue weighted by molar-refractivity contribution is 7.89. The number of carbonyl (C=O) groups excluding carboxylic acids is 1. The normalized spacial score (nSPS) is 11.6. The van der Waals surface area contributed by atoms with Crippen LogP contribution in [-0.2, 0) is 21.4 Å². The van der Waals surface area contributed by atoms with Gasteiger partial charge in [-0.05, 0) is 49.8 Å². The zero-order chi connectivity index (χ0) is 19.9. The van der Waals surface area contributed by atoms with Gasteiger partial charge in [-0.25, -0.2) is 13.1 Å². The molecular weight excluding hydrogens is 364 g/mol. The number of benzene rings is 1. The quantitative estimate of drug-likeness (QED) is 0.528. The van der Waals surface area contributed by atoms with Crippen LogP contribution in [0, 0.1) is 0 Å². The van der Waals surface area contributed by atoms with Crippen molar-refractivity contribution in [3.05, 3.63) is 72.2 Å². The van der Waals surface area contributed by atoms with E-state index in [9.17, 15) is 13.2 Å². The van der Waals surface area contributed by atoms with Crippen molar-refractivity contribution in [2.75, 3.05) is 13.1 Å². The summed E-state index contributed by atoms with van der Waals surface area (Å²) in [6, 6.07) is 9.70. The van der Waals surface area contributed by atoms with Gasteiger partial charge in [-0.3, -0.25) is 4.79 Å². The van der Waals surface area contributed by atoms with E-state index >= 15 is 0 Å². The summed E-state index contributed by atoms with van der Waals surface area (Å²) < 4.78 is 32.2. The zero-order valence-corrected chi connectivity index (χ0v) is 16.3. The van der Waals surface area contributed by atoms with Crippen LogP contribution in [0.1, 0.15) is 25.2 Å². The second kappa shape index (κ2) is 9.34. The van der Waals surface area contributed by atoms with E-state index in [2.05, 4.69) is 11.3 Å². The van der Waals surface area contributed by atoms with Gasteiger partial charge in [0.1, 0.15) is 5.76 Å². The van der Waals surface area contributed by atoms with Crippen molar-refractivity contribution in [2.24, 2.45) is 0 Å². The Morgan fingerprint density at radius 2 is 1.96 bits per heavy atom. The maximum atomic E-state index is 12.3. The molecule has 0 atom stereocenters. The van der Waals surface area contributed by atoms with Gasteiger partial charge >= 0.3 is 0 Å². The maximum absolute atomic E-state index is 12.3. The molecule has 2 aromatic rings. The lowest BCUT2D eigenvalue weighted by Gasteiger charge is -2.18. The Kier molecular flexibility index (Phi) is 7.15. The Balaban J connectivity index is 2.01. The topological polar surface area (TPSA) is 79.6 Å². The highest BCUT2D eigenvalue weighted by atomic mass is 32.2. The first-order chi connectivity index (χ1) is 12.8. The van der Waals surface area contributed by atoms with Gasteiger partial charge in [-0.2, -0.15) is 0 Å². The van der Waals surface area contributed by atoms with Crippen molar-refractivity contribution in [3.63, 3.8) is 0 Å². The van der Waals surface area contributed by atoms with Crippen LogP contribution in [0.3, 0.4) is 0 Å². The number of hydrogen-bond donors (Lipinski definition) is 1. The Labute approximate surface area is 160 Å². The number of sulfonamides is 1. The summed E-state index contributed by atoms with van der Waals surface area (Å²) >= 11 is 0. The predicted octanol–water partition coefficient (Wildman–Crippen LogP) is 3.20. The van der Waals surface area contributed by atoms with Crippen molar-refractivity contribution in [2.45, 2.75) is 25.3 Å². The van der Waals surface area contributed by atoms with E-state index in [1.807, 2.05) is 13.8 Å². The Hall–Kier alpha value is -2.64. The van der Waals surface area contributed by atoms with E-state index in [4.69, 9.17) is 4.42 Å². The summed E-state index contributed by atoms with van der Waals surface area (Å²) in [5, 5.41) is 0. The van der Waals surface area contributed by atoms with E-state index in [1.165, 1.54) is 24.5 Å². The second-order valence-electron chi connectivity index (χ2n) is 6.12.